The molecule has 6 heteroatoms. The highest BCUT2D eigenvalue weighted by Crippen LogP contribution is 2.23. The summed E-state index contributed by atoms with van der Waals surface area (Å²) in [4.78, 5) is 0. The topological polar surface area (TPSA) is 88.4 Å². The molecule has 5 atom stereocenters. The largest absolute Gasteiger partial charge is 0.387 e. The van der Waals surface area contributed by atoms with Gasteiger partial charge < -0.3 is 29.5 Å². The monoisotopic (exact) mass is 516 g/mol. The van der Waals surface area contributed by atoms with Gasteiger partial charge in [0.1, 0.15) is 24.4 Å². The first-order valence-electron chi connectivity index (χ1n) is 15.5. The van der Waals surface area contributed by atoms with Crippen molar-refractivity contribution in [1.82, 2.24) is 0 Å². The molecule has 0 aromatic heterocycles. The summed E-state index contributed by atoms with van der Waals surface area (Å²) < 4.78 is 16.9. The van der Waals surface area contributed by atoms with Gasteiger partial charge in [0.25, 0.3) is 0 Å². The Morgan fingerprint density at radius 1 is 0.528 bits per heavy atom. The van der Waals surface area contributed by atoms with Crippen molar-refractivity contribution in [2.75, 3.05) is 19.8 Å². The van der Waals surface area contributed by atoms with Crippen LogP contribution in [0.5, 0.6) is 0 Å². The van der Waals surface area contributed by atoms with Gasteiger partial charge in [-0.1, -0.05) is 129 Å². The SMILES string of the molecule is CCCCCCCCCCCCOC[C@H]1O[C@@H](O)[C@H](OCCCCCCCCCCCC)[C@@H](O)[C@H]1O. The van der Waals surface area contributed by atoms with E-state index in [1.807, 2.05) is 0 Å². The molecule has 1 aliphatic rings. The maximum atomic E-state index is 10.5. The summed E-state index contributed by atoms with van der Waals surface area (Å²) in [6, 6.07) is 0. The van der Waals surface area contributed by atoms with E-state index < -0.39 is 30.7 Å². The van der Waals surface area contributed by atoms with Crippen LogP contribution in [0.4, 0.5) is 0 Å². The molecule has 0 aromatic carbocycles. The van der Waals surface area contributed by atoms with Crippen molar-refractivity contribution in [2.24, 2.45) is 0 Å². The van der Waals surface area contributed by atoms with Gasteiger partial charge in [-0.3, -0.25) is 0 Å². The van der Waals surface area contributed by atoms with Crippen LogP contribution in [0.3, 0.4) is 0 Å². The van der Waals surface area contributed by atoms with Gasteiger partial charge in [0.15, 0.2) is 6.29 Å². The number of hydrogen-bond acceptors (Lipinski definition) is 6. The molecule has 0 aromatic rings. The molecule has 6 nitrogen and oxygen atoms in total. The van der Waals surface area contributed by atoms with Crippen LogP contribution in [-0.2, 0) is 14.2 Å². The molecule has 0 radical (unpaired) electrons. The lowest BCUT2D eigenvalue weighted by atomic mass is 9.99. The van der Waals surface area contributed by atoms with E-state index >= 15 is 0 Å². The fraction of sp³-hybridized carbons (Fsp3) is 1.00. The molecule has 1 aliphatic heterocycles. The zero-order valence-electron chi connectivity index (χ0n) is 23.7. The van der Waals surface area contributed by atoms with E-state index in [1.165, 1.54) is 103 Å². The lowest BCUT2D eigenvalue weighted by molar-refractivity contribution is -0.298. The lowest BCUT2D eigenvalue weighted by Gasteiger charge is -2.40. The zero-order valence-corrected chi connectivity index (χ0v) is 23.7. The molecular formula is C30H60O6. The molecule has 0 aliphatic carbocycles. The quantitative estimate of drug-likeness (QED) is 0.117. The molecule has 216 valence electrons. The summed E-state index contributed by atoms with van der Waals surface area (Å²) in [7, 11) is 0. The summed E-state index contributed by atoms with van der Waals surface area (Å²) in [6.45, 7) is 5.71. The highest BCUT2D eigenvalue weighted by Gasteiger charge is 2.44. The average Bonchev–Trinajstić information content (AvgIpc) is 2.87. The van der Waals surface area contributed by atoms with Crippen LogP contribution < -0.4 is 0 Å². The number of ether oxygens (including phenoxy) is 3. The number of aliphatic hydroxyl groups is 3. The van der Waals surface area contributed by atoms with E-state index in [-0.39, 0.29) is 6.61 Å². The van der Waals surface area contributed by atoms with Gasteiger partial charge in [0.2, 0.25) is 0 Å². The zero-order chi connectivity index (χ0) is 26.3. The predicted octanol–water partition coefficient (Wildman–Crippen LogP) is 6.67. The van der Waals surface area contributed by atoms with Crippen LogP contribution in [0, 0.1) is 0 Å². The smallest absolute Gasteiger partial charge is 0.184 e. The van der Waals surface area contributed by atoms with Crippen molar-refractivity contribution in [1.29, 1.82) is 0 Å². The highest BCUT2D eigenvalue weighted by molar-refractivity contribution is 4.89. The normalized spacial score (nSPS) is 24.4. The second-order valence-corrected chi connectivity index (χ2v) is 10.8. The van der Waals surface area contributed by atoms with Crippen LogP contribution in [0.15, 0.2) is 0 Å². The Morgan fingerprint density at radius 2 is 0.944 bits per heavy atom. The molecule has 1 saturated heterocycles. The Bertz CT molecular complexity index is 461. The minimum atomic E-state index is -1.25. The van der Waals surface area contributed by atoms with E-state index in [4.69, 9.17) is 14.2 Å². The summed E-state index contributed by atoms with van der Waals surface area (Å²) in [5.41, 5.74) is 0. The fourth-order valence-corrected chi connectivity index (χ4v) is 4.94. The first kappa shape index (κ1) is 33.8. The molecule has 3 N–H and O–H groups in total. The molecule has 1 fully saturated rings. The van der Waals surface area contributed by atoms with E-state index in [1.54, 1.807) is 0 Å². The van der Waals surface area contributed by atoms with Crippen molar-refractivity contribution < 1.29 is 29.5 Å². The number of aliphatic hydroxyl groups excluding tert-OH is 3. The Balaban J connectivity index is 2.02. The van der Waals surface area contributed by atoms with Crippen molar-refractivity contribution in [3.05, 3.63) is 0 Å². The van der Waals surface area contributed by atoms with Crippen molar-refractivity contribution in [2.45, 2.75) is 173 Å². The van der Waals surface area contributed by atoms with Crippen LogP contribution in [0.1, 0.15) is 142 Å². The molecule has 0 bridgehead atoms. The molecule has 1 heterocycles. The Hall–Kier alpha value is -0.240. The molecule has 0 amide bonds. The maximum Gasteiger partial charge on any atom is 0.184 e. The first-order chi connectivity index (χ1) is 17.6. The summed E-state index contributed by atoms with van der Waals surface area (Å²) in [5.74, 6) is 0. The second-order valence-electron chi connectivity index (χ2n) is 10.8. The lowest BCUT2D eigenvalue weighted by Crippen LogP contribution is -2.59. The molecule has 0 saturated carbocycles. The number of hydrogen-bond donors (Lipinski definition) is 3. The van der Waals surface area contributed by atoms with Crippen molar-refractivity contribution >= 4 is 0 Å². The molecule has 36 heavy (non-hydrogen) atoms. The van der Waals surface area contributed by atoms with E-state index in [0.29, 0.717) is 13.2 Å². The Kier molecular flexibility index (Phi) is 22.4. The van der Waals surface area contributed by atoms with Gasteiger partial charge >= 0.3 is 0 Å². The van der Waals surface area contributed by atoms with E-state index in [0.717, 1.165) is 25.7 Å². The van der Waals surface area contributed by atoms with E-state index in [2.05, 4.69) is 13.8 Å². The van der Waals surface area contributed by atoms with Gasteiger partial charge in [-0.15, -0.1) is 0 Å². The molecule has 0 spiro atoms. The van der Waals surface area contributed by atoms with Crippen LogP contribution in [0.25, 0.3) is 0 Å². The molecule has 0 unspecified atom stereocenters. The van der Waals surface area contributed by atoms with Crippen molar-refractivity contribution in [3.63, 3.8) is 0 Å². The Labute approximate surface area is 222 Å². The summed E-state index contributed by atoms with van der Waals surface area (Å²) in [6.07, 6.45) is 19.9. The first-order valence-corrected chi connectivity index (χ1v) is 15.5. The van der Waals surface area contributed by atoms with Crippen LogP contribution >= 0.6 is 0 Å². The second kappa shape index (κ2) is 23.8. The molecular weight excluding hydrogens is 456 g/mol. The third kappa shape index (κ3) is 16.6. The average molecular weight is 517 g/mol. The number of unbranched alkanes of at least 4 members (excludes halogenated alkanes) is 18. The predicted molar refractivity (Wildman–Crippen MR) is 147 cm³/mol. The maximum absolute atomic E-state index is 10.5. The van der Waals surface area contributed by atoms with Gasteiger partial charge in [0, 0.05) is 13.2 Å². The Morgan fingerprint density at radius 3 is 1.42 bits per heavy atom. The van der Waals surface area contributed by atoms with Gasteiger partial charge in [-0.05, 0) is 12.8 Å². The van der Waals surface area contributed by atoms with E-state index in [9.17, 15) is 15.3 Å². The third-order valence-electron chi connectivity index (χ3n) is 7.40. The summed E-state index contributed by atoms with van der Waals surface area (Å²) in [5, 5.41) is 31.2. The van der Waals surface area contributed by atoms with Crippen LogP contribution in [-0.4, -0.2) is 65.8 Å². The van der Waals surface area contributed by atoms with Gasteiger partial charge in [-0.2, -0.15) is 0 Å². The molecule has 1 rings (SSSR count). The fourth-order valence-electron chi connectivity index (χ4n) is 4.94. The highest BCUT2D eigenvalue weighted by atomic mass is 16.7. The van der Waals surface area contributed by atoms with Crippen molar-refractivity contribution in [3.8, 4) is 0 Å². The van der Waals surface area contributed by atoms with Gasteiger partial charge in [0.05, 0.1) is 6.61 Å². The minimum absolute atomic E-state index is 0.165. The third-order valence-corrected chi connectivity index (χ3v) is 7.40. The van der Waals surface area contributed by atoms with Crippen LogP contribution in [0.2, 0.25) is 0 Å². The minimum Gasteiger partial charge on any atom is -0.387 e. The van der Waals surface area contributed by atoms with Gasteiger partial charge in [-0.25, -0.2) is 0 Å². The standard InChI is InChI=1S/C30H60O6/c1-3-5-7-9-11-13-15-17-19-21-23-34-25-26-27(31)28(32)29(30(33)36-26)35-24-22-20-18-16-14-12-10-8-6-4-2/h26-33H,3-25H2,1-2H3/t26-,27+,28+,29-,30-/m1/s1. The number of rotatable bonds is 25. The summed E-state index contributed by atoms with van der Waals surface area (Å²) >= 11 is 0.